The molecule has 0 saturated heterocycles. The number of thiophene rings is 1. The third kappa shape index (κ3) is 3.71. The van der Waals surface area contributed by atoms with E-state index < -0.39 is 17.7 Å². The third-order valence-electron chi connectivity index (χ3n) is 2.96. The quantitative estimate of drug-likeness (QED) is 0.850. The second kappa shape index (κ2) is 7.17. The summed E-state index contributed by atoms with van der Waals surface area (Å²) < 4.78 is 17.9. The molecule has 0 spiro atoms. The van der Waals surface area contributed by atoms with Gasteiger partial charge in [0.05, 0.1) is 12.2 Å². The van der Waals surface area contributed by atoms with E-state index in [2.05, 4.69) is 5.32 Å². The molecule has 0 aliphatic rings. The topological polar surface area (TPSA) is 55.4 Å². The smallest absolute Gasteiger partial charge is 0.341 e. The van der Waals surface area contributed by atoms with Crippen LogP contribution >= 0.6 is 11.3 Å². The second-order valence-electron chi connectivity index (χ2n) is 4.49. The number of hydrogen-bond acceptors (Lipinski definition) is 4. The Bertz CT molecular complexity index is 679. The lowest BCUT2D eigenvalue weighted by Crippen LogP contribution is -2.14. The largest absolute Gasteiger partial charge is 0.462 e. The van der Waals surface area contributed by atoms with Crippen molar-refractivity contribution in [1.82, 2.24) is 0 Å². The Labute approximate surface area is 131 Å². The van der Waals surface area contributed by atoms with E-state index in [4.69, 9.17) is 4.74 Å². The van der Waals surface area contributed by atoms with Crippen molar-refractivity contribution in [1.29, 1.82) is 0 Å². The van der Waals surface area contributed by atoms with Crippen LogP contribution in [0.4, 0.5) is 9.39 Å². The summed E-state index contributed by atoms with van der Waals surface area (Å²) >= 11 is 1.33. The van der Waals surface area contributed by atoms with Crippen LogP contribution in [0.5, 0.6) is 0 Å². The van der Waals surface area contributed by atoms with Crippen molar-refractivity contribution in [3.05, 3.63) is 52.2 Å². The molecule has 6 heteroatoms. The van der Waals surface area contributed by atoms with E-state index in [-0.39, 0.29) is 6.61 Å². The summed E-state index contributed by atoms with van der Waals surface area (Å²) in [5.41, 5.74) is 0.668. The first-order chi connectivity index (χ1) is 10.5. The van der Waals surface area contributed by atoms with Gasteiger partial charge in [-0.1, -0.05) is 6.92 Å². The van der Waals surface area contributed by atoms with Gasteiger partial charge in [0.2, 0.25) is 0 Å². The van der Waals surface area contributed by atoms with Gasteiger partial charge in [-0.25, -0.2) is 9.18 Å². The summed E-state index contributed by atoms with van der Waals surface area (Å²) in [6, 6.07) is 6.94. The zero-order valence-corrected chi connectivity index (χ0v) is 13.1. The lowest BCUT2D eigenvalue weighted by Gasteiger charge is -2.06. The molecule has 0 saturated carbocycles. The standard InChI is InChI=1S/C16H16FNO3S/c1-3-12-9-13(16(20)21-4-2)15(22-12)18-14(19)10-5-7-11(17)8-6-10/h5-9H,3-4H2,1-2H3,(H,18,19). The maximum absolute atomic E-state index is 12.9. The van der Waals surface area contributed by atoms with Gasteiger partial charge in [-0.15, -0.1) is 11.3 Å². The fourth-order valence-electron chi connectivity index (χ4n) is 1.85. The fraction of sp³-hybridized carbons (Fsp3) is 0.250. The molecule has 116 valence electrons. The molecule has 1 aromatic heterocycles. The maximum atomic E-state index is 12.9. The highest BCUT2D eigenvalue weighted by Crippen LogP contribution is 2.29. The Kier molecular flexibility index (Phi) is 5.27. The molecule has 2 aromatic rings. The van der Waals surface area contributed by atoms with Crippen LogP contribution in [0.2, 0.25) is 0 Å². The lowest BCUT2D eigenvalue weighted by atomic mass is 10.2. The molecule has 0 fully saturated rings. The van der Waals surface area contributed by atoms with Crippen molar-refractivity contribution in [2.24, 2.45) is 0 Å². The van der Waals surface area contributed by atoms with Crippen LogP contribution < -0.4 is 5.32 Å². The SMILES string of the molecule is CCOC(=O)c1cc(CC)sc1NC(=O)c1ccc(F)cc1. The fourth-order valence-corrected chi connectivity index (χ4v) is 2.83. The maximum Gasteiger partial charge on any atom is 0.341 e. The molecular weight excluding hydrogens is 305 g/mol. The minimum Gasteiger partial charge on any atom is -0.462 e. The summed E-state index contributed by atoms with van der Waals surface area (Å²) in [5, 5.41) is 3.15. The van der Waals surface area contributed by atoms with Gasteiger partial charge in [-0.3, -0.25) is 4.79 Å². The van der Waals surface area contributed by atoms with E-state index in [1.165, 1.54) is 35.6 Å². The molecule has 1 aromatic carbocycles. The average molecular weight is 321 g/mol. The van der Waals surface area contributed by atoms with Crippen LogP contribution in [0, 0.1) is 5.82 Å². The molecule has 0 aliphatic carbocycles. The molecule has 4 nitrogen and oxygen atoms in total. The van der Waals surface area contributed by atoms with E-state index in [9.17, 15) is 14.0 Å². The number of anilines is 1. The van der Waals surface area contributed by atoms with E-state index >= 15 is 0 Å². The van der Waals surface area contributed by atoms with Crippen molar-refractivity contribution < 1.29 is 18.7 Å². The monoisotopic (exact) mass is 321 g/mol. The van der Waals surface area contributed by atoms with Gasteiger partial charge in [-0.05, 0) is 43.7 Å². The normalized spacial score (nSPS) is 10.3. The molecule has 1 N–H and O–H groups in total. The number of rotatable bonds is 5. The number of nitrogens with one attached hydrogen (secondary N) is 1. The van der Waals surface area contributed by atoms with Gasteiger partial charge in [0, 0.05) is 10.4 Å². The molecule has 0 unspecified atom stereocenters. The van der Waals surface area contributed by atoms with Crippen LogP contribution in [0.15, 0.2) is 30.3 Å². The zero-order chi connectivity index (χ0) is 16.1. The summed E-state index contributed by atoms with van der Waals surface area (Å²) in [7, 11) is 0. The Hall–Kier alpha value is -2.21. The number of amides is 1. The highest BCUT2D eigenvalue weighted by Gasteiger charge is 2.19. The molecule has 0 aliphatic heterocycles. The number of hydrogen-bond donors (Lipinski definition) is 1. The number of esters is 1. The van der Waals surface area contributed by atoms with Gasteiger partial charge in [0.15, 0.2) is 0 Å². The van der Waals surface area contributed by atoms with Gasteiger partial charge in [0.1, 0.15) is 10.8 Å². The van der Waals surface area contributed by atoms with Gasteiger partial charge in [-0.2, -0.15) is 0 Å². The molecule has 0 bridgehead atoms. The number of aryl methyl sites for hydroxylation is 1. The average Bonchev–Trinajstić information content (AvgIpc) is 2.91. The van der Waals surface area contributed by atoms with E-state index in [0.717, 1.165) is 11.3 Å². The van der Waals surface area contributed by atoms with Crippen molar-refractivity contribution in [2.45, 2.75) is 20.3 Å². The van der Waals surface area contributed by atoms with E-state index in [0.29, 0.717) is 16.1 Å². The number of benzene rings is 1. The van der Waals surface area contributed by atoms with Gasteiger partial charge < -0.3 is 10.1 Å². The van der Waals surface area contributed by atoms with Crippen LogP contribution in [-0.4, -0.2) is 18.5 Å². The summed E-state index contributed by atoms with van der Waals surface area (Å²) in [4.78, 5) is 25.1. The molecule has 1 heterocycles. The molecule has 0 atom stereocenters. The number of carbonyl (C=O) groups is 2. The predicted octanol–water partition coefficient (Wildman–Crippen LogP) is 3.88. The highest BCUT2D eigenvalue weighted by atomic mass is 32.1. The van der Waals surface area contributed by atoms with E-state index in [1.807, 2.05) is 6.92 Å². The van der Waals surface area contributed by atoms with Crippen LogP contribution in [0.1, 0.15) is 39.4 Å². The third-order valence-corrected chi connectivity index (χ3v) is 4.16. The van der Waals surface area contributed by atoms with E-state index in [1.54, 1.807) is 13.0 Å². The molecule has 0 radical (unpaired) electrons. The molecule has 22 heavy (non-hydrogen) atoms. The number of carbonyl (C=O) groups excluding carboxylic acids is 2. The number of halogens is 1. The van der Waals surface area contributed by atoms with Crippen LogP contribution in [0.25, 0.3) is 0 Å². The second-order valence-corrected chi connectivity index (χ2v) is 5.63. The predicted molar refractivity (Wildman–Crippen MR) is 84.0 cm³/mol. The minimum atomic E-state index is -0.465. The number of ether oxygens (including phenoxy) is 1. The Morgan fingerprint density at radius 2 is 1.91 bits per heavy atom. The Morgan fingerprint density at radius 1 is 1.23 bits per heavy atom. The van der Waals surface area contributed by atoms with Crippen molar-refractivity contribution in [3.8, 4) is 0 Å². The Morgan fingerprint density at radius 3 is 2.50 bits per heavy atom. The van der Waals surface area contributed by atoms with Crippen molar-refractivity contribution >= 4 is 28.2 Å². The van der Waals surface area contributed by atoms with Crippen LogP contribution in [-0.2, 0) is 11.2 Å². The summed E-state index contributed by atoms with van der Waals surface area (Å²) in [5.74, 6) is -1.27. The molecule has 1 amide bonds. The first-order valence-electron chi connectivity index (χ1n) is 6.91. The lowest BCUT2D eigenvalue weighted by molar-refractivity contribution is 0.0528. The summed E-state index contributed by atoms with van der Waals surface area (Å²) in [6.45, 7) is 3.95. The Balaban J connectivity index is 2.24. The van der Waals surface area contributed by atoms with Gasteiger partial charge >= 0.3 is 5.97 Å². The van der Waals surface area contributed by atoms with Crippen molar-refractivity contribution in [2.75, 3.05) is 11.9 Å². The molecule has 2 rings (SSSR count). The molecular formula is C16H16FNO3S. The summed E-state index contributed by atoms with van der Waals surface area (Å²) in [6.07, 6.45) is 0.753. The zero-order valence-electron chi connectivity index (χ0n) is 12.3. The van der Waals surface area contributed by atoms with Crippen LogP contribution in [0.3, 0.4) is 0 Å². The first-order valence-corrected chi connectivity index (χ1v) is 7.73. The minimum absolute atomic E-state index is 0.265. The highest BCUT2D eigenvalue weighted by molar-refractivity contribution is 7.16. The first kappa shape index (κ1) is 16.2. The van der Waals surface area contributed by atoms with Gasteiger partial charge in [0.25, 0.3) is 5.91 Å². The van der Waals surface area contributed by atoms with Crippen molar-refractivity contribution in [3.63, 3.8) is 0 Å².